The summed E-state index contributed by atoms with van der Waals surface area (Å²) in [7, 11) is 4.66. The smallest absolute Gasteiger partial charge is 0.416 e. The fourth-order valence-corrected chi connectivity index (χ4v) is 15.3. The largest absolute Gasteiger partial charge is 0.497 e. The number of methoxy groups -OCH3 is 3. The van der Waals surface area contributed by atoms with Crippen molar-refractivity contribution in [2.24, 2.45) is 11.3 Å². The van der Waals surface area contributed by atoms with Gasteiger partial charge in [-0.1, -0.05) is 97.9 Å². The van der Waals surface area contributed by atoms with Gasteiger partial charge in [0.15, 0.2) is 35.0 Å². The van der Waals surface area contributed by atoms with Gasteiger partial charge >= 0.3 is 6.09 Å². The maximum absolute atomic E-state index is 14.5. The number of ether oxygens (including phenoxy) is 6. The van der Waals surface area contributed by atoms with Crippen molar-refractivity contribution in [3.05, 3.63) is 166 Å². The Morgan fingerprint density at radius 2 is 1.32 bits per heavy atom. The number of nitrogens with one attached hydrogen (secondary N) is 4. The number of hydrogen-bond acceptors (Lipinski definition) is 18. The molecule has 582 valence electrons. The summed E-state index contributed by atoms with van der Waals surface area (Å²) in [4.78, 5) is 130. The molecule has 6 heterocycles. The van der Waals surface area contributed by atoms with Crippen molar-refractivity contribution in [2.75, 3.05) is 64.0 Å². The van der Waals surface area contributed by atoms with Crippen molar-refractivity contribution >= 4 is 70.2 Å². The number of nitrogens with zero attached hydrogens (tertiary/aromatic N) is 7. The number of aromatic nitrogens is 3. The summed E-state index contributed by atoms with van der Waals surface area (Å²) in [5.41, 5.74) is 9.54. The molecule has 13 rings (SSSR count). The van der Waals surface area contributed by atoms with Gasteiger partial charge in [-0.3, -0.25) is 38.4 Å². The lowest BCUT2D eigenvalue weighted by molar-refractivity contribution is -0.132. The molecule has 1 saturated carbocycles. The molecule has 5 aliphatic heterocycles. The summed E-state index contributed by atoms with van der Waals surface area (Å²) >= 11 is 0. The number of unbranched alkanes of at least 4 members (excludes halogenated alkanes) is 2. The van der Waals surface area contributed by atoms with E-state index in [1.807, 2.05) is 108 Å². The highest BCUT2D eigenvalue weighted by molar-refractivity contribution is 6.07. The van der Waals surface area contributed by atoms with E-state index in [2.05, 4.69) is 31.6 Å². The third-order valence-corrected chi connectivity index (χ3v) is 21.7. The number of para-hydroxylation sites is 1. The van der Waals surface area contributed by atoms with E-state index in [9.17, 15) is 48.3 Å². The zero-order valence-corrected chi connectivity index (χ0v) is 63.8. The second-order valence-electron chi connectivity index (χ2n) is 30.0. The first kappa shape index (κ1) is 77.5. The Hall–Kier alpha value is -11.6. The number of aliphatic hydroxyl groups is 1. The lowest BCUT2D eigenvalue weighted by atomic mass is 9.95. The highest BCUT2D eigenvalue weighted by atomic mass is 16.6. The van der Waals surface area contributed by atoms with Crippen molar-refractivity contribution in [1.29, 1.82) is 0 Å². The van der Waals surface area contributed by atoms with Crippen LogP contribution in [0.2, 0.25) is 0 Å². The van der Waals surface area contributed by atoms with E-state index < -0.39 is 73.1 Å². The average molecular weight is 1510 g/mol. The highest BCUT2D eigenvalue weighted by Crippen LogP contribution is 2.57. The van der Waals surface area contributed by atoms with Crippen LogP contribution in [0, 0.1) is 11.3 Å². The molecular weight excluding hydrogens is 1420 g/mol. The fourth-order valence-electron chi connectivity index (χ4n) is 15.3. The van der Waals surface area contributed by atoms with Crippen LogP contribution in [0.15, 0.2) is 128 Å². The third kappa shape index (κ3) is 17.1. The number of carbonyl (C=O) groups is 9. The molecule has 0 bridgehead atoms. The maximum atomic E-state index is 14.5. The number of aryl methyl sites for hydroxylation is 1. The Balaban J connectivity index is 0.556. The van der Waals surface area contributed by atoms with E-state index >= 15 is 0 Å². The maximum Gasteiger partial charge on any atom is 0.416 e. The van der Waals surface area contributed by atoms with E-state index in [0.29, 0.717) is 84.8 Å². The predicted molar refractivity (Wildman–Crippen MR) is 412 cm³/mol. The number of Topliss-reactive ketones (excluding diaryl/α,β-unsaturated/α-hetero) is 1. The Labute approximate surface area is 644 Å². The number of carbonyl (C=O) groups excluding carboxylic acids is 9. The fraction of sp³-hybridized carbons (Fsp3) is 0.417. The van der Waals surface area contributed by atoms with Gasteiger partial charge in [-0.25, -0.2) is 14.4 Å². The van der Waals surface area contributed by atoms with Gasteiger partial charge < -0.3 is 69.5 Å². The van der Waals surface area contributed by atoms with Gasteiger partial charge in [-0.15, -0.1) is 5.10 Å². The van der Waals surface area contributed by atoms with Crippen LogP contribution in [0.4, 0.5) is 16.2 Å². The van der Waals surface area contributed by atoms with Crippen molar-refractivity contribution in [2.45, 2.75) is 161 Å². The molecule has 2 fully saturated rings. The van der Waals surface area contributed by atoms with Gasteiger partial charge in [0.1, 0.15) is 24.1 Å². The van der Waals surface area contributed by atoms with Gasteiger partial charge in [-0.2, -0.15) is 0 Å². The van der Waals surface area contributed by atoms with Gasteiger partial charge in [-0.05, 0) is 160 Å². The van der Waals surface area contributed by atoms with Gasteiger partial charge in [0.2, 0.25) is 29.5 Å². The molecule has 27 nitrogen and oxygen atoms in total. The van der Waals surface area contributed by atoms with E-state index in [0.717, 1.165) is 75.4 Å². The number of benzene rings is 6. The number of ketones is 1. The van der Waals surface area contributed by atoms with Crippen molar-refractivity contribution in [3.63, 3.8) is 0 Å². The predicted octanol–water partition coefficient (Wildman–Crippen LogP) is 9.84. The van der Waals surface area contributed by atoms with Crippen LogP contribution in [0.3, 0.4) is 0 Å². The monoisotopic (exact) mass is 1510 g/mol. The number of rotatable bonds is 29. The summed E-state index contributed by atoms with van der Waals surface area (Å²) in [5.74, 6) is -1.71. The summed E-state index contributed by atoms with van der Waals surface area (Å²) in [6, 6.07) is 33.9. The molecule has 8 amide bonds. The van der Waals surface area contributed by atoms with Crippen molar-refractivity contribution in [1.82, 2.24) is 46.1 Å². The normalized spacial score (nSPS) is 17.5. The van der Waals surface area contributed by atoms with Crippen LogP contribution in [-0.4, -0.2) is 168 Å². The summed E-state index contributed by atoms with van der Waals surface area (Å²) in [5, 5.41) is 31.6. The molecule has 0 radical (unpaired) electrons. The molecule has 5 N–H and O–H groups in total. The topological polar surface area (TPSA) is 321 Å². The molecular formula is C84H95N11O16. The van der Waals surface area contributed by atoms with E-state index in [1.165, 1.54) is 20.1 Å². The molecule has 111 heavy (non-hydrogen) atoms. The van der Waals surface area contributed by atoms with Gasteiger partial charge in [0, 0.05) is 66.8 Å². The molecule has 1 spiro atoms. The minimum Gasteiger partial charge on any atom is -0.497 e. The summed E-state index contributed by atoms with van der Waals surface area (Å²) in [6.07, 6.45) is 5.67. The van der Waals surface area contributed by atoms with Crippen LogP contribution < -0.4 is 54.8 Å². The SMILES string of the molecule is COc1ccc(C2=CN3C(=O)c4cc(OC)c(OCCCCCOc5cc6c(cc5OC)C(=O)N5CC7(CC7)C[C@H]5C(O)N6C(=O)OCc5ccc(CC(=O)[C@H](C)NC(=O)[C@@H](NC(=O)CNC(=O)CNC(=O)CCC(=O)N6Cc7ccccc7-c7c(nnn7C(C)C)-c7ccccc76)C(C)C)cc5)cc4CC[C@@H]3C2)cc1. The molecule has 1 aliphatic carbocycles. The van der Waals surface area contributed by atoms with Crippen LogP contribution in [0.25, 0.3) is 28.1 Å². The van der Waals surface area contributed by atoms with Crippen LogP contribution in [0.5, 0.6) is 28.7 Å². The molecule has 6 aromatic carbocycles. The first-order valence-corrected chi connectivity index (χ1v) is 38.0. The van der Waals surface area contributed by atoms with E-state index in [1.54, 1.807) is 74.3 Å². The van der Waals surface area contributed by atoms with Crippen LogP contribution >= 0.6 is 0 Å². The van der Waals surface area contributed by atoms with Crippen molar-refractivity contribution in [3.8, 4) is 51.3 Å². The second-order valence-corrected chi connectivity index (χ2v) is 30.0. The van der Waals surface area contributed by atoms with Gasteiger partial charge in [0.25, 0.3) is 11.8 Å². The zero-order chi connectivity index (χ0) is 78.4. The molecule has 7 aromatic rings. The average Bonchev–Trinajstić information content (AvgIpc) is 1.62. The minimum atomic E-state index is -1.47. The minimum absolute atomic E-state index is 0.0215. The molecule has 27 heteroatoms. The first-order valence-electron chi connectivity index (χ1n) is 38.0. The quantitative estimate of drug-likeness (QED) is 0.0272. The number of fused-ring (bicyclic) bond motifs is 9. The van der Waals surface area contributed by atoms with Gasteiger partial charge in [0.05, 0.1) is 88.9 Å². The summed E-state index contributed by atoms with van der Waals surface area (Å²) in [6.45, 7) is 9.07. The second kappa shape index (κ2) is 33.7. The lowest BCUT2D eigenvalue weighted by Gasteiger charge is -2.31. The third-order valence-electron chi connectivity index (χ3n) is 21.7. The number of anilines is 2. The Morgan fingerprint density at radius 1 is 0.658 bits per heavy atom. The van der Waals surface area contributed by atoms with E-state index in [4.69, 9.17) is 28.4 Å². The summed E-state index contributed by atoms with van der Waals surface area (Å²) < 4.78 is 37.3. The molecule has 1 unspecified atom stereocenters. The van der Waals surface area contributed by atoms with Crippen LogP contribution in [-0.2, 0) is 59.5 Å². The highest BCUT2D eigenvalue weighted by Gasteiger charge is 2.58. The Bertz CT molecular complexity index is 4740. The first-order chi connectivity index (χ1) is 53.5. The Kier molecular flexibility index (Phi) is 23.5. The number of amides is 8. The van der Waals surface area contributed by atoms with E-state index in [-0.39, 0.29) is 103 Å². The standard InChI is InChI=1S/C84H95N11O16/c1-49(2)76(88-74(99)44-86-73(98)43-85-72(97)30-31-75(100)92-45-56-16-10-11-17-60(56)78-77(89-90-95(78)50(3)4)61-18-12-13-19-64(61)92)79(101)87-51(5)67(96)36-52-20-22-53(23-21-52)47-111-83(105)94-65-41-71(69(108-8)40-63(65)81(103)93-48-84(32-33-84)42-66(93)82(94)104)110-35-15-9-14-34-109-70-38-55-24-27-58-37-57(54-25-28-59(106-6)29-26-54)46-91(58)80(102)62(55)39-68(70)107-7/h10-13,16-23,25-26,28-29,38-41,46,49-51,58,66,76,82,104H,9,14-15,24,27,30-37,42-45,47-48H2,1-8H3,(H,85,97)(H,86,98)(H,87,101)(H,88,99)/t51-,58+,66-,76-,82?/m0/s1. The van der Waals surface area contributed by atoms with Crippen molar-refractivity contribution < 1.29 is 76.7 Å². The number of hydrogen-bond donors (Lipinski definition) is 5. The Morgan fingerprint density at radius 3 is 2.02 bits per heavy atom. The number of aliphatic hydroxyl groups excluding tert-OH is 1. The lowest BCUT2D eigenvalue weighted by Crippen LogP contribution is -2.54. The van der Waals surface area contributed by atoms with Crippen LogP contribution in [0.1, 0.15) is 153 Å². The molecule has 6 aliphatic rings. The zero-order valence-electron chi connectivity index (χ0n) is 63.8. The molecule has 5 atom stereocenters. The molecule has 1 aromatic heterocycles. The molecule has 1 saturated heterocycles.